The maximum atomic E-state index is 15.6. The fourth-order valence-corrected chi connectivity index (χ4v) is 6.34. The summed E-state index contributed by atoms with van der Waals surface area (Å²) < 4.78 is 76.0. The summed E-state index contributed by atoms with van der Waals surface area (Å²) >= 11 is 5.96. The van der Waals surface area contributed by atoms with Gasteiger partial charge in [-0.3, -0.25) is 4.98 Å². The molecule has 3 heterocycles. The lowest BCUT2D eigenvalue weighted by Gasteiger charge is -2.45. The molecule has 0 unspecified atom stereocenters. The molecule has 0 radical (unpaired) electrons. The quantitative estimate of drug-likeness (QED) is 0.550. The standard InChI is InChI=1S/C21H18ClF3N4O3S/c22-13-2-1-3-14(8-13)33(30,31)29-6-7-32-21(29)4-5-28(12-19(21)25)20-11-26-17-9-15(23)16(24)10-18(17)27-20/h1-3,8-11,19H,4-7,12H2/t19-,21-/m0/s1. The SMILES string of the molecule is O=S(=O)(c1cccc(Cl)c1)N1CCO[C@]12CCN(c1cnc3cc(F)c(F)cc3n1)C[C@@H]2F. The molecule has 0 N–H and O–H groups in total. The van der Waals surface area contributed by atoms with E-state index in [0.717, 1.165) is 16.4 Å². The molecule has 5 rings (SSSR count). The van der Waals surface area contributed by atoms with Gasteiger partial charge in [-0.15, -0.1) is 0 Å². The lowest BCUT2D eigenvalue weighted by molar-refractivity contribution is -0.116. The van der Waals surface area contributed by atoms with E-state index in [0.29, 0.717) is 0 Å². The zero-order chi connectivity index (χ0) is 23.4. The predicted molar refractivity (Wildman–Crippen MR) is 115 cm³/mol. The number of sulfonamides is 1. The molecule has 1 spiro atoms. The van der Waals surface area contributed by atoms with Crippen LogP contribution in [0.2, 0.25) is 5.02 Å². The Kier molecular flexibility index (Phi) is 5.47. The second kappa shape index (κ2) is 8.08. The molecule has 7 nitrogen and oxygen atoms in total. The minimum Gasteiger partial charge on any atom is -0.355 e. The van der Waals surface area contributed by atoms with Crippen LogP contribution in [-0.4, -0.2) is 60.8 Å². The normalized spacial score (nSPS) is 24.1. The Morgan fingerprint density at radius 1 is 1.12 bits per heavy atom. The largest absolute Gasteiger partial charge is 0.355 e. The Labute approximate surface area is 192 Å². The third-order valence-electron chi connectivity index (χ3n) is 5.96. The van der Waals surface area contributed by atoms with Crippen molar-refractivity contribution in [1.82, 2.24) is 14.3 Å². The van der Waals surface area contributed by atoms with Crippen molar-refractivity contribution in [2.75, 3.05) is 31.1 Å². The minimum absolute atomic E-state index is 0.00981. The molecule has 174 valence electrons. The van der Waals surface area contributed by atoms with E-state index in [9.17, 15) is 17.2 Å². The van der Waals surface area contributed by atoms with E-state index in [1.807, 2.05) is 0 Å². The summed E-state index contributed by atoms with van der Waals surface area (Å²) in [6.07, 6.45) is -0.323. The average molecular weight is 499 g/mol. The van der Waals surface area contributed by atoms with E-state index in [-0.39, 0.29) is 59.4 Å². The highest BCUT2D eigenvalue weighted by Gasteiger charge is 2.57. The second-order valence-corrected chi connectivity index (χ2v) is 10.2. The third-order valence-corrected chi connectivity index (χ3v) is 8.11. The third kappa shape index (κ3) is 3.72. The fraction of sp³-hybridized carbons (Fsp3) is 0.333. The van der Waals surface area contributed by atoms with Gasteiger partial charge in [0.1, 0.15) is 5.82 Å². The topological polar surface area (TPSA) is 75.6 Å². The Balaban J connectivity index is 1.43. The number of ether oxygens (including phenoxy) is 1. The van der Waals surface area contributed by atoms with Crippen molar-refractivity contribution < 1.29 is 26.3 Å². The Bertz CT molecular complexity index is 1350. The van der Waals surface area contributed by atoms with Crippen molar-refractivity contribution in [1.29, 1.82) is 0 Å². The highest BCUT2D eigenvalue weighted by molar-refractivity contribution is 7.89. The zero-order valence-corrected chi connectivity index (χ0v) is 18.7. The van der Waals surface area contributed by atoms with Crippen LogP contribution < -0.4 is 4.90 Å². The minimum atomic E-state index is -4.06. The number of anilines is 1. The lowest BCUT2D eigenvalue weighted by atomic mass is 9.98. The van der Waals surface area contributed by atoms with Gasteiger partial charge in [0.15, 0.2) is 23.5 Å². The van der Waals surface area contributed by atoms with Crippen LogP contribution in [0, 0.1) is 11.6 Å². The first-order valence-electron chi connectivity index (χ1n) is 10.1. The van der Waals surface area contributed by atoms with Gasteiger partial charge in [0.05, 0.1) is 35.3 Å². The molecule has 0 amide bonds. The number of alkyl halides is 1. The van der Waals surface area contributed by atoms with Gasteiger partial charge in [-0.1, -0.05) is 17.7 Å². The molecular weight excluding hydrogens is 481 g/mol. The van der Waals surface area contributed by atoms with Gasteiger partial charge in [-0.2, -0.15) is 4.31 Å². The molecule has 0 aliphatic carbocycles. The molecule has 0 bridgehead atoms. The Hall–Kier alpha value is -2.47. The molecule has 12 heteroatoms. The Morgan fingerprint density at radius 2 is 1.88 bits per heavy atom. The highest BCUT2D eigenvalue weighted by Crippen LogP contribution is 2.41. The highest BCUT2D eigenvalue weighted by atomic mass is 35.5. The second-order valence-electron chi connectivity index (χ2n) is 7.87. The summed E-state index contributed by atoms with van der Waals surface area (Å²) in [5, 5.41) is 0.253. The number of aromatic nitrogens is 2. The van der Waals surface area contributed by atoms with E-state index in [4.69, 9.17) is 16.3 Å². The lowest BCUT2D eigenvalue weighted by Crippen LogP contribution is -2.62. The maximum Gasteiger partial charge on any atom is 0.245 e. The van der Waals surface area contributed by atoms with Crippen LogP contribution in [0.5, 0.6) is 0 Å². The number of benzene rings is 2. The van der Waals surface area contributed by atoms with Gasteiger partial charge in [0.25, 0.3) is 0 Å². The van der Waals surface area contributed by atoms with Crippen molar-refractivity contribution in [3.63, 3.8) is 0 Å². The maximum absolute atomic E-state index is 15.6. The summed E-state index contributed by atoms with van der Waals surface area (Å²) in [6.45, 7) is 0.0635. The van der Waals surface area contributed by atoms with Crippen molar-refractivity contribution in [2.24, 2.45) is 0 Å². The van der Waals surface area contributed by atoms with Gasteiger partial charge in [-0.25, -0.2) is 26.6 Å². The van der Waals surface area contributed by atoms with Gasteiger partial charge in [-0.05, 0) is 18.2 Å². The van der Waals surface area contributed by atoms with E-state index in [1.54, 1.807) is 11.0 Å². The number of piperidine rings is 1. The van der Waals surface area contributed by atoms with E-state index in [2.05, 4.69) is 9.97 Å². The molecule has 2 fully saturated rings. The number of nitrogens with zero attached hydrogens (tertiary/aromatic N) is 4. The van der Waals surface area contributed by atoms with Crippen LogP contribution in [0.15, 0.2) is 47.5 Å². The van der Waals surface area contributed by atoms with Crippen molar-refractivity contribution in [3.05, 3.63) is 59.3 Å². The van der Waals surface area contributed by atoms with Crippen LogP contribution in [0.3, 0.4) is 0 Å². The smallest absolute Gasteiger partial charge is 0.245 e. The summed E-state index contributed by atoms with van der Waals surface area (Å²) in [4.78, 5) is 9.91. The van der Waals surface area contributed by atoms with Gasteiger partial charge >= 0.3 is 0 Å². The number of halogens is 4. The van der Waals surface area contributed by atoms with Gasteiger partial charge in [0.2, 0.25) is 10.0 Å². The summed E-state index contributed by atoms with van der Waals surface area (Å²) in [5.74, 6) is -1.82. The van der Waals surface area contributed by atoms with E-state index < -0.39 is 33.6 Å². The molecule has 1 aromatic heterocycles. The molecule has 3 aromatic rings. The molecule has 33 heavy (non-hydrogen) atoms. The molecule has 2 aliphatic rings. The van der Waals surface area contributed by atoms with Crippen molar-refractivity contribution >= 4 is 38.5 Å². The first kappa shape index (κ1) is 22.3. The Morgan fingerprint density at radius 3 is 2.61 bits per heavy atom. The van der Waals surface area contributed by atoms with Crippen LogP contribution >= 0.6 is 11.6 Å². The van der Waals surface area contributed by atoms with Crippen molar-refractivity contribution in [2.45, 2.75) is 23.2 Å². The molecule has 2 aliphatic heterocycles. The summed E-state index contributed by atoms with van der Waals surface area (Å²) in [5.41, 5.74) is -1.36. The summed E-state index contributed by atoms with van der Waals surface area (Å²) in [6, 6.07) is 7.66. The first-order chi connectivity index (χ1) is 15.7. The van der Waals surface area contributed by atoms with Gasteiger partial charge in [0, 0.05) is 36.7 Å². The number of fused-ring (bicyclic) bond motifs is 1. The predicted octanol–water partition coefficient (Wildman–Crippen LogP) is 3.53. The van der Waals surface area contributed by atoms with Crippen LogP contribution in [0.25, 0.3) is 11.0 Å². The number of hydrogen-bond donors (Lipinski definition) is 0. The average Bonchev–Trinajstić information content (AvgIpc) is 3.22. The molecule has 2 saturated heterocycles. The molecule has 2 aromatic carbocycles. The summed E-state index contributed by atoms with van der Waals surface area (Å²) in [7, 11) is -4.06. The molecule has 2 atom stereocenters. The number of hydrogen-bond acceptors (Lipinski definition) is 6. The van der Waals surface area contributed by atoms with Crippen LogP contribution in [0.1, 0.15) is 6.42 Å². The van der Waals surface area contributed by atoms with E-state index in [1.165, 1.54) is 24.4 Å². The molecule has 0 saturated carbocycles. The number of rotatable bonds is 3. The van der Waals surface area contributed by atoms with Gasteiger partial charge < -0.3 is 9.64 Å². The van der Waals surface area contributed by atoms with Crippen molar-refractivity contribution in [3.8, 4) is 0 Å². The molecular formula is C21H18ClF3N4O3S. The monoisotopic (exact) mass is 498 g/mol. The first-order valence-corrected chi connectivity index (χ1v) is 12.0. The zero-order valence-electron chi connectivity index (χ0n) is 17.1. The van der Waals surface area contributed by atoms with Crippen LogP contribution in [-0.2, 0) is 14.8 Å². The fourth-order valence-electron chi connectivity index (χ4n) is 4.33. The van der Waals surface area contributed by atoms with Crippen LogP contribution in [0.4, 0.5) is 19.0 Å². The van der Waals surface area contributed by atoms with E-state index >= 15 is 4.39 Å².